The first-order chi connectivity index (χ1) is 8.67. The minimum atomic E-state index is -0.340. The third-order valence-corrected chi connectivity index (χ3v) is 4.53. The van der Waals surface area contributed by atoms with Crippen molar-refractivity contribution in [3.05, 3.63) is 17.5 Å². The molecule has 1 aromatic heterocycles. The maximum Gasteiger partial charge on any atom is 0.0987 e. The van der Waals surface area contributed by atoms with Gasteiger partial charge in [-0.25, -0.2) is 0 Å². The molecule has 1 N–H and O–H groups in total. The molecule has 0 aromatic carbocycles. The Labute approximate surface area is 110 Å². The van der Waals surface area contributed by atoms with E-state index in [0.717, 1.165) is 24.2 Å². The zero-order chi connectivity index (χ0) is 13.1. The van der Waals surface area contributed by atoms with Crippen molar-refractivity contribution >= 4 is 0 Å². The number of nitrogens with zero attached hydrogens (tertiary/aromatic N) is 2. The van der Waals surface area contributed by atoms with E-state index in [1.165, 1.54) is 25.7 Å². The average molecular weight is 250 g/mol. The van der Waals surface area contributed by atoms with Gasteiger partial charge in [0, 0.05) is 7.05 Å². The second kappa shape index (κ2) is 5.87. The number of aromatic nitrogens is 2. The standard InChI is InChI=1S/C15H26N2O/c1-4-11-8-6-7-9-13(11)15(18)14-10-12(5-2)16-17(14)3/h10-11,13,15,18H,4-9H2,1-3H3. The van der Waals surface area contributed by atoms with E-state index in [1.807, 2.05) is 11.7 Å². The molecular formula is C15H26N2O. The summed E-state index contributed by atoms with van der Waals surface area (Å²) in [4.78, 5) is 0. The predicted octanol–water partition coefficient (Wildman–Crippen LogP) is 3.23. The van der Waals surface area contributed by atoms with E-state index in [4.69, 9.17) is 0 Å². The maximum atomic E-state index is 10.7. The summed E-state index contributed by atoms with van der Waals surface area (Å²) in [5.74, 6) is 1.09. The summed E-state index contributed by atoms with van der Waals surface area (Å²) in [6.07, 6.45) is 6.79. The molecule has 0 bridgehead atoms. The van der Waals surface area contributed by atoms with Crippen molar-refractivity contribution in [3.8, 4) is 0 Å². The van der Waals surface area contributed by atoms with Crippen LogP contribution in [0, 0.1) is 11.8 Å². The number of hydrogen-bond donors (Lipinski definition) is 1. The molecule has 2 rings (SSSR count). The minimum Gasteiger partial charge on any atom is -0.387 e. The third kappa shape index (κ3) is 2.61. The lowest BCUT2D eigenvalue weighted by Crippen LogP contribution is -2.26. The van der Waals surface area contributed by atoms with Crippen LogP contribution in [0.3, 0.4) is 0 Å². The van der Waals surface area contributed by atoms with Crippen molar-refractivity contribution in [3.63, 3.8) is 0 Å². The van der Waals surface area contributed by atoms with E-state index < -0.39 is 0 Å². The molecule has 1 saturated carbocycles. The fourth-order valence-electron chi connectivity index (χ4n) is 3.37. The molecule has 3 unspecified atom stereocenters. The minimum absolute atomic E-state index is 0.340. The predicted molar refractivity (Wildman–Crippen MR) is 73.3 cm³/mol. The molecule has 1 aliphatic rings. The molecule has 1 aliphatic carbocycles. The van der Waals surface area contributed by atoms with Gasteiger partial charge in [-0.05, 0) is 30.7 Å². The van der Waals surface area contributed by atoms with Gasteiger partial charge in [0.1, 0.15) is 0 Å². The van der Waals surface area contributed by atoms with Gasteiger partial charge >= 0.3 is 0 Å². The summed E-state index contributed by atoms with van der Waals surface area (Å²) in [7, 11) is 1.95. The number of aryl methyl sites for hydroxylation is 2. The first-order valence-corrected chi connectivity index (χ1v) is 7.38. The highest BCUT2D eigenvalue weighted by molar-refractivity contribution is 5.14. The van der Waals surface area contributed by atoms with Gasteiger partial charge < -0.3 is 5.11 Å². The number of aliphatic hydroxyl groups is 1. The van der Waals surface area contributed by atoms with Crippen molar-refractivity contribution in [1.82, 2.24) is 9.78 Å². The molecule has 102 valence electrons. The molecular weight excluding hydrogens is 224 g/mol. The molecule has 0 aliphatic heterocycles. The summed E-state index contributed by atoms with van der Waals surface area (Å²) in [5, 5.41) is 15.1. The molecule has 0 radical (unpaired) electrons. The van der Waals surface area contributed by atoms with Gasteiger partial charge in [-0.2, -0.15) is 5.10 Å². The van der Waals surface area contributed by atoms with Gasteiger partial charge in [-0.15, -0.1) is 0 Å². The van der Waals surface area contributed by atoms with Crippen LogP contribution in [0.15, 0.2) is 6.07 Å². The molecule has 0 saturated heterocycles. The van der Waals surface area contributed by atoms with Gasteiger partial charge in [0.15, 0.2) is 0 Å². The Morgan fingerprint density at radius 3 is 2.72 bits per heavy atom. The molecule has 3 heteroatoms. The van der Waals surface area contributed by atoms with Crippen LogP contribution in [0.25, 0.3) is 0 Å². The molecule has 18 heavy (non-hydrogen) atoms. The van der Waals surface area contributed by atoms with Crippen molar-refractivity contribution in [2.24, 2.45) is 18.9 Å². The van der Waals surface area contributed by atoms with Gasteiger partial charge in [0.05, 0.1) is 17.5 Å². The lowest BCUT2D eigenvalue weighted by Gasteiger charge is -2.34. The smallest absolute Gasteiger partial charge is 0.0987 e. The van der Waals surface area contributed by atoms with Crippen LogP contribution in [0.5, 0.6) is 0 Å². The first kappa shape index (κ1) is 13.6. The summed E-state index contributed by atoms with van der Waals surface area (Å²) < 4.78 is 1.87. The fraction of sp³-hybridized carbons (Fsp3) is 0.800. The Morgan fingerprint density at radius 1 is 1.39 bits per heavy atom. The van der Waals surface area contributed by atoms with E-state index >= 15 is 0 Å². The number of rotatable bonds is 4. The molecule has 0 spiro atoms. The Balaban J connectivity index is 2.17. The van der Waals surface area contributed by atoms with Crippen LogP contribution in [-0.2, 0) is 13.5 Å². The molecule has 1 heterocycles. The summed E-state index contributed by atoms with van der Waals surface area (Å²) >= 11 is 0. The lowest BCUT2D eigenvalue weighted by molar-refractivity contribution is 0.0395. The first-order valence-electron chi connectivity index (χ1n) is 7.38. The third-order valence-electron chi connectivity index (χ3n) is 4.53. The number of hydrogen-bond acceptors (Lipinski definition) is 2. The zero-order valence-corrected chi connectivity index (χ0v) is 11.9. The van der Waals surface area contributed by atoms with Crippen LogP contribution in [0.2, 0.25) is 0 Å². The van der Waals surface area contributed by atoms with Crippen molar-refractivity contribution < 1.29 is 5.11 Å². The Morgan fingerprint density at radius 2 is 2.11 bits per heavy atom. The van der Waals surface area contributed by atoms with E-state index in [9.17, 15) is 5.11 Å². The van der Waals surface area contributed by atoms with E-state index in [2.05, 4.69) is 25.0 Å². The maximum absolute atomic E-state index is 10.7. The molecule has 1 aromatic rings. The van der Waals surface area contributed by atoms with Gasteiger partial charge in [-0.1, -0.05) is 39.5 Å². The van der Waals surface area contributed by atoms with Gasteiger partial charge in [0.2, 0.25) is 0 Å². The van der Waals surface area contributed by atoms with E-state index in [-0.39, 0.29) is 6.10 Å². The molecule has 3 atom stereocenters. The van der Waals surface area contributed by atoms with Gasteiger partial charge in [-0.3, -0.25) is 4.68 Å². The number of aliphatic hydroxyl groups excluding tert-OH is 1. The fourth-order valence-corrected chi connectivity index (χ4v) is 3.37. The lowest BCUT2D eigenvalue weighted by atomic mass is 9.74. The topological polar surface area (TPSA) is 38.0 Å². The molecule has 0 amide bonds. The summed E-state index contributed by atoms with van der Waals surface area (Å²) in [6, 6.07) is 2.08. The molecule has 3 nitrogen and oxygen atoms in total. The summed E-state index contributed by atoms with van der Waals surface area (Å²) in [6.45, 7) is 4.35. The van der Waals surface area contributed by atoms with E-state index in [0.29, 0.717) is 11.8 Å². The Bertz CT molecular complexity index is 386. The van der Waals surface area contributed by atoms with Crippen molar-refractivity contribution in [2.45, 2.75) is 58.5 Å². The van der Waals surface area contributed by atoms with Crippen LogP contribution in [-0.4, -0.2) is 14.9 Å². The van der Waals surface area contributed by atoms with Crippen LogP contribution < -0.4 is 0 Å². The van der Waals surface area contributed by atoms with E-state index in [1.54, 1.807) is 0 Å². The van der Waals surface area contributed by atoms with Crippen LogP contribution in [0.1, 0.15) is 63.4 Å². The van der Waals surface area contributed by atoms with Crippen molar-refractivity contribution in [2.75, 3.05) is 0 Å². The summed E-state index contributed by atoms with van der Waals surface area (Å²) in [5.41, 5.74) is 2.08. The highest BCUT2D eigenvalue weighted by Gasteiger charge is 2.32. The van der Waals surface area contributed by atoms with Crippen molar-refractivity contribution in [1.29, 1.82) is 0 Å². The zero-order valence-electron chi connectivity index (χ0n) is 11.9. The second-order valence-corrected chi connectivity index (χ2v) is 5.60. The Hall–Kier alpha value is -0.830. The second-order valence-electron chi connectivity index (χ2n) is 5.60. The SMILES string of the molecule is CCc1cc(C(O)C2CCCCC2CC)n(C)n1. The largest absolute Gasteiger partial charge is 0.387 e. The normalized spacial score (nSPS) is 26.2. The Kier molecular flexibility index (Phi) is 4.44. The highest BCUT2D eigenvalue weighted by atomic mass is 16.3. The quantitative estimate of drug-likeness (QED) is 0.891. The molecule has 1 fully saturated rings. The van der Waals surface area contributed by atoms with Gasteiger partial charge in [0.25, 0.3) is 0 Å². The average Bonchev–Trinajstić information content (AvgIpc) is 2.79. The van der Waals surface area contributed by atoms with Crippen LogP contribution >= 0.6 is 0 Å². The van der Waals surface area contributed by atoms with Crippen LogP contribution in [0.4, 0.5) is 0 Å². The monoisotopic (exact) mass is 250 g/mol. The highest BCUT2D eigenvalue weighted by Crippen LogP contribution is 2.40.